The van der Waals surface area contributed by atoms with Crippen LogP contribution in [0, 0.1) is 0 Å². The van der Waals surface area contributed by atoms with Crippen molar-refractivity contribution in [3.63, 3.8) is 0 Å². The number of nitrogens with two attached hydrogens (primary N) is 1. The zero-order valence-corrected chi connectivity index (χ0v) is 14.0. The molecule has 0 spiro atoms. The van der Waals surface area contributed by atoms with Crippen molar-refractivity contribution in [3.8, 4) is 0 Å². The second kappa shape index (κ2) is 10.4. The van der Waals surface area contributed by atoms with Crippen LogP contribution in [-0.4, -0.2) is 42.0 Å². The smallest absolute Gasteiger partial charge is 0.239 e. The number of nitrogens with one attached hydrogen (secondary N) is 1. The minimum Gasteiger partial charge on any atom is -0.327 e. The number of likely N-dealkylation sites (N-methyl/N-ethyl adjacent to an activating group) is 1. The molecule has 1 aromatic heterocycles. The predicted octanol–water partition coefficient (Wildman–Crippen LogP) is 1.91. The molecule has 8 heteroatoms. The molecule has 5 nitrogen and oxygen atoms in total. The lowest BCUT2D eigenvalue weighted by Gasteiger charge is -2.17. The Morgan fingerprint density at radius 1 is 1.53 bits per heavy atom. The molecule has 3 N–H and O–H groups in total. The molecule has 0 fully saturated rings. The first-order valence-electron chi connectivity index (χ1n) is 5.33. The summed E-state index contributed by atoms with van der Waals surface area (Å²) in [4.78, 5) is 17.6. The molecule has 0 bridgehead atoms. The Morgan fingerprint density at radius 3 is 2.63 bits per heavy atom. The van der Waals surface area contributed by atoms with Crippen molar-refractivity contribution in [3.05, 3.63) is 22.8 Å². The fourth-order valence-electron chi connectivity index (χ4n) is 1.43. The van der Waals surface area contributed by atoms with E-state index in [4.69, 9.17) is 5.73 Å². The van der Waals surface area contributed by atoms with E-state index in [0.29, 0.717) is 18.9 Å². The average Bonchev–Trinajstić information content (AvgIpc) is 2.19. The second-order valence-corrected chi connectivity index (χ2v) is 5.00. The Balaban J connectivity index is 0. The maximum absolute atomic E-state index is 11.6. The largest absolute Gasteiger partial charge is 0.327 e. The SMILES string of the molecule is CC(N)CN(C)CC(=O)Nc1ccc(Br)cn1.Cl.Cl. The number of hydrogen-bond acceptors (Lipinski definition) is 4. The van der Waals surface area contributed by atoms with E-state index >= 15 is 0 Å². The molecule has 110 valence electrons. The molecule has 19 heavy (non-hydrogen) atoms. The van der Waals surface area contributed by atoms with Crippen molar-refractivity contribution in [2.24, 2.45) is 5.73 Å². The van der Waals surface area contributed by atoms with E-state index in [1.165, 1.54) is 0 Å². The topological polar surface area (TPSA) is 71.2 Å². The first kappa shape index (κ1) is 20.9. The molecule has 0 radical (unpaired) electrons. The molecule has 0 saturated heterocycles. The highest BCUT2D eigenvalue weighted by molar-refractivity contribution is 9.10. The Labute approximate surface area is 134 Å². The summed E-state index contributed by atoms with van der Waals surface area (Å²) in [5.41, 5.74) is 5.65. The van der Waals surface area contributed by atoms with E-state index in [1.54, 1.807) is 12.3 Å². The van der Waals surface area contributed by atoms with Crippen LogP contribution in [0.4, 0.5) is 5.82 Å². The van der Waals surface area contributed by atoms with Crippen LogP contribution in [0.2, 0.25) is 0 Å². The molecule has 0 aliphatic heterocycles. The van der Waals surface area contributed by atoms with Crippen LogP contribution in [0.1, 0.15) is 6.92 Å². The predicted molar refractivity (Wildman–Crippen MR) is 86.2 cm³/mol. The van der Waals surface area contributed by atoms with Gasteiger partial charge in [0.05, 0.1) is 6.54 Å². The van der Waals surface area contributed by atoms with Crippen LogP contribution in [-0.2, 0) is 4.79 Å². The number of carbonyl (C=O) groups is 1. The van der Waals surface area contributed by atoms with Gasteiger partial charge in [0.15, 0.2) is 0 Å². The van der Waals surface area contributed by atoms with Crippen molar-refractivity contribution >= 4 is 52.5 Å². The van der Waals surface area contributed by atoms with Gasteiger partial charge in [-0.1, -0.05) is 0 Å². The highest BCUT2D eigenvalue weighted by Crippen LogP contribution is 2.10. The van der Waals surface area contributed by atoms with Crippen molar-refractivity contribution < 1.29 is 4.79 Å². The maximum Gasteiger partial charge on any atom is 0.239 e. The summed E-state index contributed by atoms with van der Waals surface area (Å²) in [6.45, 7) is 2.89. The number of rotatable bonds is 5. The molecule has 1 amide bonds. The summed E-state index contributed by atoms with van der Waals surface area (Å²) in [5.74, 6) is 0.454. The number of anilines is 1. The summed E-state index contributed by atoms with van der Waals surface area (Å²) in [6, 6.07) is 3.63. The zero-order valence-electron chi connectivity index (χ0n) is 10.8. The van der Waals surface area contributed by atoms with E-state index in [1.807, 2.05) is 24.9 Å². The third-order valence-electron chi connectivity index (χ3n) is 2.01. The minimum atomic E-state index is -0.0945. The standard InChI is InChI=1S/C11H17BrN4O.2ClH/c1-8(13)6-16(2)7-11(17)15-10-4-3-9(12)5-14-10;;/h3-5,8H,6-7,13H2,1-2H3,(H,14,15,17);2*1H. The fourth-order valence-corrected chi connectivity index (χ4v) is 1.67. The van der Waals surface area contributed by atoms with Crippen LogP contribution in [0.5, 0.6) is 0 Å². The Bertz CT molecular complexity index is 375. The van der Waals surface area contributed by atoms with E-state index in [9.17, 15) is 4.79 Å². The van der Waals surface area contributed by atoms with Gasteiger partial charge < -0.3 is 11.1 Å². The van der Waals surface area contributed by atoms with Crippen LogP contribution in [0.3, 0.4) is 0 Å². The summed E-state index contributed by atoms with van der Waals surface area (Å²) in [7, 11) is 1.86. The molecule has 0 aliphatic carbocycles. The Kier molecular flexibility index (Phi) is 11.4. The first-order chi connectivity index (χ1) is 7.97. The molecule has 1 atom stereocenters. The monoisotopic (exact) mass is 372 g/mol. The van der Waals surface area contributed by atoms with Gasteiger partial charge in [-0.25, -0.2) is 4.98 Å². The van der Waals surface area contributed by atoms with Gasteiger partial charge in [-0.15, -0.1) is 24.8 Å². The summed E-state index contributed by atoms with van der Waals surface area (Å²) < 4.78 is 0.879. The highest BCUT2D eigenvalue weighted by atomic mass is 79.9. The number of carbonyl (C=O) groups excluding carboxylic acids is 1. The van der Waals surface area contributed by atoms with E-state index < -0.39 is 0 Å². The molecule has 0 aromatic carbocycles. The number of nitrogens with zero attached hydrogens (tertiary/aromatic N) is 2. The van der Waals surface area contributed by atoms with Gasteiger partial charge in [-0.05, 0) is 42.0 Å². The molecular weight excluding hydrogens is 355 g/mol. The van der Waals surface area contributed by atoms with Crippen molar-refractivity contribution in [2.45, 2.75) is 13.0 Å². The van der Waals surface area contributed by atoms with Gasteiger partial charge in [-0.3, -0.25) is 9.69 Å². The number of pyridine rings is 1. The van der Waals surface area contributed by atoms with Crippen LogP contribution >= 0.6 is 40.7 Å². The molecule has 1 heterocycles. The quantitative estimate of drug-likeness (QED) is 0.826. The average molecular weight is 374 g/mol. The second-order valence-electron chi connectivity index (χ2n) is 4.08. The Morgan fingerprint density at radius 2 is 2.16 bits per heavy atom. The molecule has 1 aromatic rings. The van der Waals surface area contributed by atoms with Crippen LogP contribution < -0.4 is 11.1 Å². The zero-order chi connectivity index (χ0) is 12.8. The maximum atomic E-state index is 11.6. The highest BCUT2D eigenvalue weighted by Gasteiger charge is 2.08. The third kappa shape index (κ3) is 9.18. The lowest BCUT2D eigenvalue weighted by atomic mass is 10.3. The number of hydrogen-bond donors (Lipinski definition) is 2. The Hall–Kier alpha value is -0.400. The van der Waals surface area contributed by atoms with Crippen LogP contribution in [0.25, 0.3) is 0 Å². The molecule has 1 unspecified atom stereocenters. The molecular formula is C11H19BrCl2N4O. The fraction of sp³-hybridized carbons (Fsp3) is 0.455. The van der Waals surface area contributed by atoms with Crippen molar-refractivity contribution in [2.75, 3.05) is 25.5 Å². The van der Waals surface area contributed by atoms with Gasteiger partial charge in [0.1, 0.15) is 5.82 Å². The lowest BCUT2D eigenvalue weighted by molar-refractivity contribution is -0.117. The lowest BCUT2D eigenvalue weighted by Crippen LogP contribution is -2.37. The first-order valence-corrected chi connectivity index (χ1v) is 6.12. The number of aromatic nitrogens is 1. The minimum absolute atomic E-state index is 0. The van der Waals surface area contributed by atoms with E-state index in [0.717, 1.165) is 4.47 Å². The molecule has 0 saturated carbocycles. The summed E-state index contributed by atoms with van der Waals surface area (Å²) in [5, 5.41) is 2.72. The third-order valence-corrected chi connectivity index (χ3v) is 2.48. The van der Waals surface area contributed by atoms with Gasteiger partial charge in [0.2, 0.25) is 5.91 Å². The van der Waals surface area contributed by atoms with Crippen molar-refractivity contribution in [1.82, 2.24) is 9.88 Å². The van der Waals surface area contributed by atoms with Gasteiger partial charge in [-0.2, -0.15) is 0 Å². The number of halogens is 3. The molecule has 0 aliphatic rings. The van der Waals surface area contributed by atoms with E-state index in [-0.39, 0.29) is 36.8 Å². The van der Waals surface area contributed by atoms with Gasteiger partial charge in [0.25, 0.3) is 0 Å². The summed E-state index contributed by atoms with van der Waals surface area (Å²) >= 11 is 3.28. The van der Waals surface area contributed by atoms with Gasteiger partial charge in [0, 0.05) is 23.3 Å². The number of amides is 1. The summed E-state index contributed by atoms with van der Waals surface area (Å²) in [6.07, 6.45) is 1.64. The van der Waals surface area contributed by atoms with E-state index in [2.05, 4.69) is 26.2 Å². The van der Waals surface area contributed by atoms with Gasteiger partial charge >= 0.3 is 0 Å². The van der Waals surface area contributed by atoms with Crippen LogP contribution in [0.15, 0.2) is 22.8 Å². The van der Waals surface area contributed by atoms with Crippen molar-refractivity contribution in [1.29, 1.82) is 0 Å². The molecule has 1 rings (SSSR count). The normalized spacial score (nSPS) is 11.2.